The molecule has 150 valence electrons. The summed E-state index contributed by atoms with van der Waals surface area (Å²) in [4.78, 5) is 10.8. The smallest absolute Gasteiger partial charge is 0.160 e. The first-order chi connectivity index (χ1) is 13.7. The van der Waals surface area contributed by atoms with Crippen LogP contribution in [-0.2, 0) is 16.1 Å². The molecule has 0 bridgehead atoms. The molecule has 4 heterocycles. The SMILES string of the molecule is CCn1nc(C)c2c(NC3CCOCC3)c(C3=CC4(CCCC4)ON3)cnc21. The maximum atomic E-state index is 6.04. The van der Waals surface area contributed by atoms with Gasteiger partial charge in [0.05, 0.1) is 22.5 Å². The minimum Gasteiger partial charge on any atom is -0.381 e. The van der Waals surface area contributed by atoms with Gasteiger partial charge in [0, 0.05) is 37.6 Å². The van der Waals surface area contributed by atoms with Crippen LogP contribution in [-0.4, -0.2) is 39.6 Å². The first kappa shape index (κ1) is 17.9. The van der Waals surface area contributed by atoms with E-state index in [1.165, 1.54) is 12.8 Å². The summed E-state index contributed by atoms with van der Waals surface area (Å²) in [6.07, 6.45) is 10.9. The second-order valence-electron chi connectivity index (χ2n) is 8.21. The molecule has 0 unspecified atom stereocenters. The van der Waals surface area contributed by atoms with Gasteiger partial charge in [-0.25, -0.2) is 9.67 Å². The quantitative estimate of drug-likeness (QED) is 0.841. The van der Waals surface area contributed by atoms with Gasteiger partial charge in [0.15, 0.2) is 5.65 Å². The molecule has 2 aliphatic heterocycles. The lowest BCUT2D eigenvalue weighted by Gasteiger charge is -2.26. The number of pyridine rings is 1. The summed E-state index contributed by atoms with van der Waals surface area (Å²) in [5, 5.41) is 9.65. The molecule has 0 atom stereocenters. The third-order valence-corrected chi connectivity index (χ3v) is 6.32. The van der Waals surface area contributed by atoms with Crippen molar-refractivity contribution in [3.8, 4) is 0 Å². The number of fused-ring (bicyclic) bond motifs is 1. The van der Waals surface area contributed by atoms with Crippen molar-refractivity contribution in [1.82, 2.24) is 20.2 Å². The van der Waals surface area contributed by atoms with Crippen LogP contribution < -0.4 is 10.8 Å². The van der Waals surface area contributed by atoms with Crippen LogP contribution in [0.5, 0.6) is 0 Å². The Morgan fingerprint density at radius 1 is 1.29 bits per heavy atom. The van der Waals surface area contributed by atoms with Crippen LogP contribution in [0, 0.1) is 6.92 Å². The Morgan fingerprint density at radius 3 is 2.82 bits per heavy atom. The predicted octanol–water partition coefficient (Wildman–Crippen LogP) is 3.54. The molecule has 2 fully saturated rings. The molecule has 1 aliphatic carbocycles. The van der Waals surface area contributed by atoms with Crippen LogP contribution in [0.25, 0.3) is 16.7 Å². The fourth-order valence-electron chi connectivity index (χ4n) is 4.77. The lowest BCUT2D eigenvalue weighted by atomic mass is 9.98. The molecule has 7 heteroatoms. The zero-order chi connectivity index (χ0) is 19.1. The number of hydrogen-bond donors (Lipinski definition) is 2. The number of hydrogen-bond acceptors (Lipinski definition) is 6. The molecule has 3 aliphatic rings. The molecule has 7 nitrogen and oxygen atoms in total. The van der Waals surface area contributed by atoms with E-state index in [2.05, 4.69) is 30.7 Å². The van der Waals surface area contributed by atoms with E-state index in [0.29, 0.717) is 6.04 Å². The Kier molecular flexibility index (Phi) is 4.51. The highest BCUT2D eigenvalue weighted by atomic mass is 16.7. The molecule has 0 amide bonds. The molecule has 0 radical (unpaired) electrons. The summed E-state index contributed by atoms with van der Waals surface area (Å²) in [7, 11) is 0. The lowest BCUT2D eigenvalue weighted by molar-refractivity contribution is -0.0289. The molecular weight excluding hydrogens is 354 g/mol. The molecular formula is C21H29N5O2. The van der Waals surface area contributed by atoms with Gasteiger partial charge in [0.1, 0.15) is 5.60 Å². The van der Waals surface area contributed by atoms with E-state index in [0.717, 1.165) is 79.1 Å². The molecule has 2 aromatic heterocycles. The van der Waals surface area contributed by atoms with Crippen LogP contribution in [0.2, 0.25) is 0 Å². The second kappa shape index (κ2) is 7.04. The van der Waals surface area contributed by atoms with Crippen molar-refractivity contribution < 1.29 is 9.57 Å². The molecule has 1 saturated heterocycles. The zero-order valence-electron chi connectivity index (χ0n) is 16.8. The van der Waals surface area contributed by atoms with E-state index < -0.39 is 0 Å². The highest BCUT2D eigenvalue weighted by Gasteiger charge is 2.39. The van der Waals surface area contributed by atoms with Crippen molar-refractivity contribution >= 4 is 22.4 Å². The maximum Gasteiger partial charge on any atom is 0.160 e. The van der Waals surface area contributed by atoms with Gasteiger partial charge in [-0.3, -0.25) is 10.3 Å². The monoisotopic (exact) mass is 383 g/mol. The van der Waals surface area contributed by atoms with E-state index in [1.807, 2.05) is 10.9 Å². The number of hydroxylamine groups is 1. The first-order valence-corrected chi connectivity index (χ1v) is 10.6. The van der Waals surface area contributed by atoms with E-state index in [9.17, 15) is 0 Å². The van der Waals surface area contributed by atoms with Crippen LogP contribution in [0.1, 0.15) is 56.7 Å². The summed E-state index contributed by atoms with van der Waals surface area (Å²) < 4.78 is 7.53. The molecule has 28 heavy (non-hydrogen) atoms. The van der Waals surface area contributed by atoms with Crippen molar-refractivity contribution in [1.29, 1.82) is 0 Å². The average Bonchev–Trinajstić information content (AvgIpc) is 3.43. The van der Waals surface area contributed by atoms with Gasteiger partial charge in [-0.05, 0) is 45.6 Å². The second-order valence-corrected chi connectivity index (χ2v) is 8.21. The minimum atomic E-state index is -0.150. The number of aryl methyl sites for hydroxylation is 2. The van der Waals surface area contributed by atoms with Crippen LogP contribution in [0.3, 0.4) is 0 Å². The van der Waals surface area contributed by atoms with E-state index >= 15 is 0 Å². The summed E-state index contributed by atoms with van der Waals surface area (Å²) >= 11 is 0. The summed E-state index contributed by atoms with van der Waals surface area (Å²) in [6, 6.07) is 0.394. The summed E-state index contributed by atoms with van der Waals surface area (Å²) in [5.41, 5.74) is 8.23. The van der Waals surface area contributed by atoms with Gasteiger partial charge in [0.25, 0.3) is 0 Å². The fourth-order valence-corrected chi connectivity index (χ4v) is 4.77. The van der Waals surface area contributed by atoms with E-state index in [-0.39, 0.29) is 5.60 Å². The van der Waals surface area contributed by atoms with Crippen molar-refractivity contribution in [3.05, 3.63) is 23.5 Å². The predicted molar refractivity (Wildman–Crippen MR) is 109 cm³/mol. The average molecular weight is 383 g/mol. The minimum absolute atomic E-state index is 0.150. The molecule has 2 N–H and O–H groups in total. The Labute approximate surface area is 165 Å². The Hall–Kier alpha value is -2.12. The zero-order valence-corrected chi connectivity index (χ0v) is 16.8. The van der Waals surface area contributed by atoms with Gasteiger partial charge >= 0.3 is 0 Å². The number of ether oxygens (including phenoxy) is 1. The standard InChI is InChI=1S/C21H29N5O2/c1-3-26-20-18(14(2)24-26)19(23-15-6-10-27-11-7-15)16(13-22-20)17-12-21(28-25-17)8-4-5-9-21/h12-13,15,25H,3-11H2,1-2H3,(H,22,23). The van der Waals surface area contributed by atoms with E-state index in [1.54, 1.807) is 0 Å². The summed E-state index contributed by atoms with van der Waals surface area (Å²) in [5.74, 6) is 0. The van der Waals surface area contributed by atoms with Crippen LogP contribution in [0.15, 0.2) is 12.3 Å². The third-order valence-electron chi connectivity index (χ3n) is 6.32. The summed E-state index contributed by atoms with van der Waals surface area (Å²) in [6.45, 7) is 6.59. The van der Waals surface area contributed by atoms with Crippen molar-refractivity contribution in [3.63, 3.8) is 0 Å². The van der Waals surface area contributed by atoms with Crippen molar-refractivity contribution in [2.75, 3.05) is 18.5 Å². The Morgan fingerprint density at radius 2 is 2.07 bits per heavy atom. The largest absolute Gasteiger partial charge is 0.381 e. The number of anilines is 1. The van der Waals surface area contributed by atoms with E-state index in [4.69, 9.17) is 19.7 Å². The Bertz CT molecular complexity index is 907. The first-order valence-electron chi connectivity index (χ1n) is 10.6. The molecule has 1 spiro atoms. The van der Waals surface area contributed by atoms with Gasteiger partial charge in [-0.1, -0.05) is 12.8 Å². The third kappa shape index (κ3) is 2.97. The number of nitrogens with zero attached hydrogens (tertiary/aromatic N) is 3. The van der Waals surface area contributed by atoms with Gasteiger partial charge < -0.3 is 10.1 Å². The lowest BCUT2D eigenvalue weighted by Crippen LogP contribution is -2.28. The molecule has 0 aromatic carbocycles. The highest BCUT2D eigenvalue weighted by Crippen LogP contribution is 2.42. The number of aromatic nitrogens is 3. The molecule has 1 saturated carbocycles. The van der Waals surface area contributed by atoms with Crippen LogP contribution in [0.4, 0.5) is 5.69 Å². The van der Waals surface area contributed by atoms with Crippen molar-refractivity contribution in [2.45, 2.75) is 70.6 Å². The molecule has 2 aromatic rings. The van der Waals surface area contributed by atoms with Crippen LogP contribution >= 0.6 is 0 Å². The van der Waals surface area contributed by atoms with Gasteiger partial charge in [0.2, 0.25) is 0 Å². The topological polar surface area (TPSA) is 73.2 Å². The highest BCUT2D eigenvalue weighted by molar-refractivity contribution is 5.97. The fraction of sp³-hybridized carbons (Fsp3) is 0.619. The van der Waals surface area contributed by atoms with Crippen molar-refractivity contribution in [2.24, 2.45) is 0 Å². The number of rotatable bonds is 4. The van der Waals surface area contributed by atoms with Gasteiger partial charge in [-0.2, -0.15) is 5.10 Å². The normalized spacial score (nSPS) is 22.0. The van der Waals surface area contributed by atoms with Gasteiger partial charge in [-0.15, -0.1) is 0 Å². The number of nitrogens with one attached hydrogen (secondary N) is 2. The molecule has 5 rings (SSSR count). The maximum absolute atomic E-state index is 6.04. The Balaban J connectivity index is 1.61.